The molecule has 1 aliphatic heterocycles. The summed E-state index contributed by atoms with van der Waals surface area (Å²) in [7, 11) is 0. The molecule has 1 aromatic rings. The van der Waals surface area contributed by atoms with Crippen molar-refractivity contribution in [1.29, 1.82) is 0 Å². The van der Waals surface area contributed by atoms with Gasteiger partial charge >= 0.3 is 6.18 Å². The summed E-state index contributed by atoms with van der Waals surface area (Å²) in [6.07, 6.45) is -4.43. The number of nitrogens with zero attached hydrogens (tertiary/aromatic N) is 1. The predicted octanol–water partition coefficient (Wildman–Crippen LogP) is 2.57. The van der Waals surface area contributed by atoms with Gasteiger partial charge in [0.05, 0.1) is 18.3 Å². The lowest BCUT2D eigenvalue weighted by molar-refractivity contribution is -0.137. The molecule has 1 atom stereocenters. The zero-order chi connectivity index (χ0) is 14.0. The largest absolute Gasteiger partial charge is 0.416 e. The Balaban J connectivity index is 2.11. The lowest BCUT2D eigenvalue weighted by Gasteiger charge is -2.31. The molecule has 1 aromatic carbocycles. The predicted molar refractivity (Wildman–Crippen MR) is 62.8 cm³/mol. The first kappa shape index (κ1) is 13.9. The van der Waals surface area contributed by atoms with Gasteiger partial charge in [-0.1, -0.05) is 0 Å². The highest BCUT2D eigenvalue weighted by Crippen LogP contribution is 2.29. The van der Waals surface area contributed by atoms with Crippen LogP contribution in [0.1, 0.15) is 22.8 Å². The molecule has 104 valence electrons. The van der Waals surface area contributed by atoms with Crippen LogP contribution >= 0.6 is 0 Å². The van der Waals surface area contributed by atoms with Gasteiger partial charge in [-0.25, -0.2) is 0 Å². The zero-order valence-electron chi connectivity index (χ0n) is 10.4. The summed E-state index contributed by atoms with van der Waals surface area (Å²) in [5.41, 5.74) is -0.485. The monoisotopic (exact) mass is 273 g/mol. The van der Waals surface area contributed by atoms with Crippen LogP contribution < -0.4 is 0 Å². The van der Waals surface area contributed by atoms with Crippen LogP contribution in [0, 0.1) is 0 Å². The molecule has 6 heteroatoms. The van der Waals surface area contributed by atoms with Crippen LogP contribution in [0.15, 0.2) is 24.3 Å². The molecule has 1 heterocycles. The fourth-order valence-electron chi connectivity index (χ4n) is 1.99. The molecule has 0 bridgehead atoms. The smallest absolute Gasteiger partial charge is 0.375 e. The maximum atomic E-state index is 12.4. The van der Waals surface area contributed by atoms with Crippen molar-refractivity contribution in [3.05, 3.63) is 35.4 Å². The minimum atomic E-state index is -4.38. The lowest BCUT2D eigenvalue weighted by atomic mass is 10.1. The van der Waals surface area contributed by atoms with Gasteiger partial charge in [0.2, 0.25) is 0 Å². The van der Waals surface area contributed by atoms with E-state index in [-0.39, 0.29) is 17.6 Å². The van der Waals surface area contributed by atoms with Crippen LogP contribution in [-0.4, -0.2) is 36.6 Å². The first-order valence-electron chi connectivity index (χ1n) is 5.96. The second-order valence-electron chi connectivity index (χ2n) is 4.51. The maximum Gasteiger partial charge on any atom is 0.416 e. The molecule has 0 saturated carbocycles. The summed E-state index contributed by atoms with van der Waals surface area (Å²) in [5.74, 6) is -0.260. The van der Waals surface area contributed by atoms with Crippen molar-refractivity contribution in [2.45, 2.75) is 19.2 Å². The number of halogens is 3. The number of hydrogen-bond donors (Lipinski definition) is 0. The minimum absolute atomic E-state index is 0.0489. The van der Waals surface area contributed by atoms with Gasteiger partial charge in [-0.3, -0.25) is 4.79 Å². The number of benzene rings is 1. The molecule has 0 N–H and O–H groups in total. The van der Waals surface area contributed by atoms with Crippen molar-refractivity contribution >= 4 is 5.91 Å². The van der Waals surface area contributed by atoms with E-state index in [9.17, 15) is 18.0 Å². The minimum Gasteiger partial charge on any atom is -0.375 e. The van der Waals surface area contributed by atoms with E-state index in [4.69, 9.17) is 4.74 Å². The van der Waals surface area contributed by atoms with E-state index in [1.54, 1.807) is 4.90 Å². The van der Waals surface area contributed by atoms with Gasteiger partial charge in [0.25, 0.3) is 5.91 Å². The molecule has 0 spiro atoms. The number of carbonyl (C=O) groups is 1. The highest BCUT2D eigenvalue weighted by atomic mass is 19.4. The molecule has 0 radical (unpaired) electrons. The Morgan fingerprint density at radius 3 is 2.47 bits per heavy atom. The Morgan fingerprint density at radius 2 is 1.95 bits per heavy atom. The van der Waals surface area contributed by atoms with Crippen molar-refractivity contribution in [1.82, 2.24) is 4.90 Å². The first-order valence-corrected chi connectivity index (χ1v) is 5.96. The van der Waals surface area contributed by atoms with E-state index < -0.39 is 11.7 Å². The molecule has 1 fully saturated rings. The highest BCUT2D eigenvalue weighted by Gasteiger charge is 2.30. The Morgan fingerprint density at radius 1 is 1.32 bits per heavy atom. The van der Waals surface area contributed by atoms with Crippen LogP contribution in [0.2, 0.25) is 0 Å². The molecule has 1 saturated heterocycles. The molecule has 0 aromatic heterocycles. The summed E-state index contributed by atoms with van der Waals surface area (Å²) >= 11 is 0. The fraction of sp³-hybridized carbons (Fsp3) is 0.462. The third-order valence-corrected chi connectivity index (χ3v) is 2.99. The Bertz CT molecular complexity index is 456. The molecule has 1 aliphatic rings. The molecule has 1 amide bonds. The summed E-state index contributed by atoms with van der Waals surface area (Å²) in [6.45, 7) is 3.23. The fourth-order valence-corrected chi connectivity index (χ4v) is 1.99. The Kier molecular flexibility index (Phi) is 3.80. The number of rotatable bonds is 1. The second kappa shape index (κ2) is 5.21. The van der Waals surface area contributed by atoms with Crippen LogP contribution in [0.5, 0.6) is 0 Å². The van der Waals surface area contributed by atoms with Crippen molar-refractivity contribution in [2.24, 2.45) is 0 Å². The average Bonchev–Trinajstić information content (AvgIpc) is 2.37. The van der Waals surface area contributed by atoms with Gasteiger partial charge in [0.1, 0.15) is 0 Å². The summed E-state index contributed by atoms with van der Waals surface area (Å²) in [6, 6.07) is 4.28. The summed E-state index contributed by atoms with van der Waals surface area (Å²) in [5, 5.41) is 0. The van der Waals surface area contributed by atoms with E-state index in [0.29, 0.717) is 19.7 Å². The van der Waals surface area contributed by atoms with E-state index in [1.807, 2.05) is 6.92 Å². The van der Waals surface area contributed by atoms with Crippen LogP contribution in [0.4, 0.5) is 13.2 Å². The third-order valence-electron chi connectivity index (χ3n) is 2.99. The van der Waals surface area contributed by atoms with Gasteiger partial charge in [-0.05, 0) is 31.2 Å². The van der Waals surface area contributed by atoms with Gasteiger partial charge in [-0.2, -0.15) is 13.2 Å². The van der Waals surface area contributed by atoms with E-state index in [2.05, 4.69) is 0 Å². The van der Waals surface area contributed by atoms with Crippen molar-refractivity contribution in [3.63, 3.8) is 0 Å². The average molecular weight is 273 g/mol. The van der Waals surface area contributed by atoms with Crippen molar-refractivity contribution in [2.75, 3.05) is 19.7 Å². The topological polar surface area (TPSA) is 29.5 Å². The Hall–Kier alpha value is -1.56. The highest BCUT2D eigenvalue weighted by molar-refractivity contribution is 5.94. The number of alkyl halides is 3. The SMILES string of the molecule is C[C@H]1CN(C(=O)c2ccc(C(F)(F)F)cc2)CCO1. The molecular weight excluding hydrogens is 259 g/mol. The van der Waals surface area contributed by atoms with Gasteiger partial charge in [-0.15, -0.1) is 0 Å². The van der Waals surface area contributed by atoms with E-state index >= 15 is 0 Å². The van der Waals surface area contributed by atoms with Crippen LogP contribution in [0.25, 0.3) is 0 Å². The normalized spacial score (nSPS) is 20.4. The quantitative estimate of drug-likeness (QED) is 0.787. The summed E-state index contributed by atoms with van der Waals surface area (Å²) < 4.78 is 42.6. The third kappa shape index (κ3) is 3.26. The first-order chi connectivity index (χ1) is 8.88. The number of morpholine rings is 1. The number of hydrogen-bond acceptors (Lipinski definition) is 2. The molecule has 2 rings (SSSR count). The second-order valence-corrected chi connectivity index (χ2v) is 4.51. The van der Waals surface area contributed by atoms with Crippen LogP contribution in [0.3, 0.4) is 0 Å². The number of amides is 1. The van der Waals surface area contributed by atoms with Crippen molar-refractivity contribution in [3.8, 4) is 0 Å². The van der Waals surface area contributed by atoms with Gasteiger partial charge in [0.15, 0.2) is 0 Å². The zero-order valence-corrected chi connectivity index (χ0v) is 10.4. The number of ether oxygens (including phenoxy) is 1. The van der Waals surface area contributed by atoms with Crippen molar-refractivity contribution < 1.29 is 22.7 Å². The summed E-state index contributed by atoms with van der Waals surface area (Å²) in [4.78, 5) is 13.7. The number of carbonyl (C=O) groups excluding carboxylic acids is 1. The lowest BCUT2D eigenvalue weighted by Crippen LogP contribution is -2.44. The molecular formula is C13H14F3NO2. The maximum absolute atomic E-state index is 12.4. The van der Waals surface area contributed by atoms with Gasteiger partial charge < -0.3 is 9.64 Å². The van der Waals surface area contributed by atoms with Gasteiger partial charge in [0, 0.05) is 18.7 Å². The molecule has 0 unspecified atom stereocenters. The molecule has 0 aliphatic carbocycles. The standard InChI is InChI=1S/C13H14F3NO2/c1-9-8-17(6-7-19-9)12(18)10-2-4-11(5-3-10)13(14,15)16/h2-5,9H,6-8H2,1H3/t9-/m0/s1. The molecule has 3 nitrogen and oxygen atoms in total. The van der Waals surface area contributed by atoms with E-state index in [0.717, 1.165) is 12.1 Å². The van der Waals surface area contributed by atoms with E-state index in [1.165, 1.54) is 12.1 Å². The van der Waals surface area contributed by atoms with Crippen LogP contribution in [-0.2, 0) is 10.9 Å². The molecule has 19 heavy (non-hydrogen) atoms. The Labute approximate surface area is 109 Å².